The van der Waals surface area contributed by atoms with Crippen LogP contribution in [0.2, 0.25) is 0 Å². The average Bonchev–Trinajstić information content (AvgIpc) is 3.04. The summed E-state index contributed by atoms with van der Waals surface area (Å²) in [5.41, 5.74) is 8.03. The maximum atomic E-state index is 13.5. The van der Waals surface area contributed by atoms with Gasteiger partial charge in [0.1, 0.15) is 17.8 Å². The van der Waals surface area contributed by atoms with Crippen LogP contribution in [-0.4, -0.2) is 83.8 Å². The number of phenolic OH excluding ortho intramolecular Hbond substituents is 1. The highest BCUT2D eigenvalue weighted by Gasteiger charge is 2.30. The van der Waals surface area contributed by atoms with Crippen molar-refractivity contribution in [2.75, 3.05) is 26.2 Å². The molecule has 3 atom stereocenters. The Kier molecular flexibility index (Phi) is 11.0. The van der Waals surface area contributed by atoms with Gasteiger partial charge in [0.25, 0.3) is 5.91 Å². The molecule has 1 aliphatic rings. The van der Waals surface area contributed by atoms with Crippen molar-refractivity contribution in [3.63, 3.8) is 0 Å². The van der Waals surface area contributed by atoms with E-state index in [1.807, 2.05) is 30.3 Å². The second kappa shape index (κ2) is 15.3. The third-order valence-corrected chi connectivity index (χ3v) is 7.11. The summed E-state index contributed by atoms with van der Waals surface area (Å²) in [6, 6.07) is 20.6. The molecule has 44 heavy (non-hydrogen) atoms. The molecule has 3 aromatic rings. The van der Waals surface area contributed by atoms with Gasteiger partial charge in [0.2, 0.25) is 23.6 Å². The zero-order chi connectivity index (χ0) is 31.5. The molecule has 1 aliphatic heterocycles. The Morgan fingerprint density at radius 2 is 1.55 bits per heavy atom. The molecule has 0 aliphatic carbocycles. The largest absolute Gasteiger partial charge is 0.508 e. The van der Waals surface area contributed by atoms with Gasteiger partial charge in [0, 0.05) is 25.1 Å². The number of phenols is 1. The first-order chi connectivity index (χ1) is 21.2. The molecule has 0 spiro atoms. The van der Waals surface area contributed by atoms with Crippen molar-refractivity contribution in [3.8, 4) is 5.75 Å². The number of carbonyl (C=O) groups excluding carboxylic acids is 5. The minimum atomic E-state index is -1.26. The van der Waals surface area contributed by atoms with E-state index in [1.165, 1.54) is 17.0 Å². The average molecular weight is 601 g/mol. The molecule has 230 valence electrons. The van der Waals surface area contributed by atoms with Crippen LogP contribution in [0.4, 0.5) is 0 Å². The van der Waals surface area contributed by atoms with E-state index in [0.717, 1.165) is 5.56 Å². The number of rotatable bonds is 7. The van der Waals surface area contributed by atoms with Gasteiger partial charge in [0.05, 0.1) is 19.1 Å². The second-order valence-corrected chi connectivity index (χ2v) is 10.5. The molecule has 3 aromatic carbocycles. The molecule has 0 radical (unpaired) electrons. The van der Waals surface area contributed by atoms with Crippen LogP contribution >= 0.6 is 0 Å². The fourth-order valence-electron chi connectivity index (χ4n) is 4.74. The van der Waals surface area contributed by atoms with E-state index < -0.39 is 54.2 Å². The lowest BCUT2D eigenvalue weighted by Gasteiger charge is -2.28. The smallest absolute Gasteiger partial charge is 0.253 e. The number of carbonyl (C=O) groups is 5. The summed E-state index contributed by atoms with van der Waals surface area (Å²) in [6.07, 6.45) is 0.348. The highest BCUT2D eigenvalue weighted by Crippen LogP contribution is 2.12. The Balaban J connectivity index is 1.55. The fraction of sp³-hybridized carbons (Fsp3) is 0.281. The molecule has 7 N–H and O–H groups in total. The van der Waals surface area contributed by atoms with Gasteiger partial charge in [-0.3, -0.25) is 24.0 Å². The molecular weight excluding hydrogens is 564 g/mol. The van der Waals surface area contributed by atoms with Crippen molar-refractivity contribution >= 4 is 29.5 Å². The Morgan fingerprint density at radius 1 is 0.886 bits per heavy atom. The summed E-state index contributed by atoms with van der Waals surface area (Å²) >= 11 is 0. The summed E-state index contributed by atoms with van der Waals surface area (Å²) in [7, 11) is 0. The number of hydrogen-bond donors (Lipinski definition) is 6. The van der Waals surface area contributed by atoms with Crippen LogP contribution in [0.1, 0.15) is 21.5 Å². The SMILES string of the molecule is N[C@@H](Cc1ccc(O)cc1)C(=O)N[C@@H]1CN(C(=O)c2ccccc2)CCNC(=O)[C@H](Cc2ccccc2)NC(=O)CNC1=O. The molecule has 0 unspecified atom stereocenters. The molecule has 0 aromatic heterocycles. The molecule has 1 saturated heterocycles. The lowest BCUT2D eigenvalue weighted by Crippen LogP contribution is -2.58. The lowest BCUT2D eigenvalue weighted by molar-refractivity contribution is -0.131. The first kappa shape index (κ1) is 31.7. The van der Waals surface area contributed by atoms with Gasteiger partial charge in [0.15, 0.2) is 0 Å². The minimum absolute atomic E-state index is 0.0185. The summed E-state index contributed by atoms with van der Waals surface area (Å²) in [5, 5.41) is 20.1. The van der Waals surface area contributed by atoms with Crippen molar-refractivity contribution in [2.45, 2.75) is 31.0 Å². The number of amides is 5. The second-order valence-electron chi connectivity index (χ2n) is 10.5. The highest BCUT2D eigenvalue weighted by atomic mass is 16.3. The molecule has 12 nitrogen and oxygen atoms in total. The first-order valence-corrected chi connectivity index (χ1v) is 14.3. The van der Waals surface area contributed by atoms with Crippen molar-refractivity contribution in [1.29, 1.82) is 0 Å². The molecule has 1 heterocycles. The zero-order valence-corrected chi connectivity index (χ0v) is 24.1. The molecule has 5 amide bonds. The van der Waals surface area contributed by atoms with Gasteiger partial charge in [-0.25, -0.2) is 0 Å². The summed E-state index contributed by atoms with van der Waals surface area (Å²) in [4.78, 5) is 67.3. The standard InChI is InChI=1S/C32H36N6O6/c33-25(17-22-11-13-24(39)14-12-22)29(41)37-27-20-38(32(44)23-9-5-2-6-10-23)16-15-34-30(42)26(18-21-7-3-1-4-8-21)36-28(40)19-35-31(27)43/h1-14,25-27,39H,15-20,33H2,(H,34,42)(H,35,43)(H,36,40)(H,37,41)/t25-,26-,27+/m0/s1. The number of nitrogens with two attached hydrogens (primary N) is 1. The number of hydrogen-bond acceptors (Lipinski definition) is 7. The summed E-state index contributed by atoms with van der Waals surface area (Å²) < 4.78 is 0. The molecule has 4 rings (SSSR count). The van der Waals surface area contributed by atoms with Crippen LogP contribution < -0.4 is 27.0 Å². The van der Waals surface area contributed by atoms with Gasteiger partial charge in [-0.15, -0.1) is 0 Å². The Bertz CT molecular complexity index is 1450. The summed E-state index contributed by atoms with van der Waals surface area (Å²) in [6.45, 7) is -0.663. The fourth-order valence-corrected chi connectivity index (χ4v) is 4.74. The van der Waals surface area contributed by atoms with Gasteiger partial charge in [-0.2, -0.15) is 0 Å². The number of nitrogens with zero attached hydrogens (tertiary/aromatic N) is 1. The van der Waals surface area contributed by atoms with E-state index in [-0.39, 0.29) is 38.2 Å². The number of aromatic hydroxyl groups is 1. The predicted octanol–water partition coefficient (Wildman–Crippen LogP) is -0.137. The normalized spacial score (nSPS) is 18.8. The monoisotopic (exact) mass is 600 g/mol. The summed E-state index contributed by atoms with van der Waals surface area (Å²) in [5.74, 6) is -2.72. The number of nitrogens with one attached hydrogen (secondary N) is 4. The third kappa shape index (κ3) is 9.13. The van der Waals surface area contributed by atoms with Crippen molar-refractivity contribution in [2.24, 2.45) is 5.73 Å². The van der Waals surface area contributed by atoms with E-state index in [4.69, 9.17) is 5.73 Å². The first-order valence-electron chi connectivity index (χ1n) is 14.3. The van der Waals surface area contributed by atoms with Crippen LogP contribution in [0, 0.1) is 0 Å². The van der Waals surface area contributed by atoms with Crippen molar-refractivity contribution in [1.82, 2.24) is 26.2 Å². The van der Waals surface area contributed by atoms with E-state index in [1.54, 1.807) is 42.5 Å². The predicted molar refractivity (Wildman–Crippen MR) is 162 cm³/mol. The van der Waals surface area contributed by atoms with Crippen LogP contribution in [0.25, 0.3) is 0 Å². The van der Waals surface area contributed by atoms with Crippen molar-refractivity contribution in [3.05, 3.63) is 102 Å². The maximum absolute atomic E-state index is 13.5. The minimum Gasteiger partial charge on any atom is -0.508 e. The van der Waals surface area contributed by atoms with E-state index in [2.05, 4.69) is 21.3 Å². The van der Waals surface area contributed by atoms with E-state index in [0.29, 0.717) is 11.1 Å². The zero-order valence-electron chi connectivity index (χ0n) is 24.1. The molecule has 12 heteroatoms. The molecule has 0 bridgehead atoms. The maximum Gasteiger partial charge on any atom is 0.253 e. The Morgan fingerprint density at radius 3 is 2.23 bits per heavy atom. The highest BCUT2D eigenvalue weighted by molar-refractivity contribution is 5.96. The van der Waals surface area contributed by atoms with Crippen molar-refractivity contribution < 1.29 is 29.1 Å². The van der Waals surface area contributed by atoms with Gasteiger partial charge in [-0.1, -0.05) is 60.7 Å². The van der Waals surface area contributed by atoms with E-state index >= 15 is 0 Å². The third-order valence-electron chi connectivity index (χ3n) is 7.11. The molecular formula is C32H36N6O6. The van der Waals surface area contributed by atoms with Crippen LogP contribution in [0.5, 0.6) is 5.75 Å². The van der Waals surface area contributed by atoms with Gasteiger partial charge in [-0.05, 0) is 41.8 Å². The topological polar surface area (TPSA) is 183 Å². The van der Waals surface area contributed by atoms with Crippen LogP contribution in [-0.2, 0) is 32.0 Å². The lowest BCUT2D eigenvalue weighted by atomic mass is 10.1. The molecule has 1 fully saturated rings. The van der Waals surface area contributed by atoms with Gasteiger partial charge >= 0.3 is 0 Å². The Labute approximate surface area is 255 Å². The van der Waals surface area contributed by atoms with Crippen LogP contribution in [0.3, 0.4) is 0 Å². The number of benzene rings is 3. The van der Waals surface area contributed by atoms with Crippen LogP contribution in [0.15, 0.2) is 84.9 Å². The Hall–Kier alpha value is -5.23. The van der Waals surface area contributed by atoms with E-state index in [9.17, 15) is 29.1 Å². The molecule has 0 saturated carbocycles. The van der Waals surface area contributed by atoms with Gasteiger partial charge < -0.3 is 37.0 Å². The quantitative estimate of drug-likeness (QED) is 0.218.